The maximum absolute atomic E-state index is 13.8. The van der Waals surface area contributed by atoms with Crippen molar-refractivity contribution in [3.63, 3.8) is 0 Å². The first kappa shape index (κ1) is 27.7. The zero-order valence-corrected chi connectivity index (χ0v) is 25.5. The van der Waals surface area contributed by atoms with Crippen molar-refractivity contribution in [1.82, 2.24) is 19.6 Å². The Bertz CT molecular complexity index is 2490. The number of aromatic nitrogens is 4. The molecule has 1 aliphatic heterocycles. The molecule has 8 heteroatoms. The van der Waals surface area contributed by atoms with Crippen LogP contribution in [0.1, 0.15) is 28.2 Å². The fraction of sp³-hybridized carbons (Fsp3) is 0.0500. The highest BCUT2D eigenvalue weighted by Gasteiger charge is 2.37. The minimum Gasteiger partial charge on any atom is -0.489 e. The van der Waals surface area contributed by atoms with Gasteiger partial charge in [-0.25, -0.2) is 19.3 Å². The van der Waals surface area contributed by atoms with Gasteiger partial charge in [0.25, 0.3) is 0 Å². The van der Waals surface area contributed by atoms with E-state index in [0.717, 1.165) is 27.8 Å². The fourth-order valence-corrected chi connectivity index (χ4v) is 6.32. The normalized spacial score (nSPS) is 13.5. The molecule has 9 rings (SSSR count). The molecule has 0 amide bonds. The molecule has 0 saturated carbocycles. The van der Waals surface area contributed by atoms with Crippen molar-refractivity contribution in [3.8, 4) is 39.9 Å². The van der Waals surface area contributed by atoms with Gasteiger partial charge in [-0.05, 0) is 46.5 Å². The molecule has 3 aromatic heterocycles. The number of hydrogen-bond donors (Lipinski definition) is 0. The SMILES string of the molecule is O=c1oc2ccccc2c2c1C(c1ccc(OCc3ccccc3)cc1)c1c(ncn3nc(-c4ccc(-c5ccccc5)cc4)nc13)O2. The Labute approximate surface area is 274 Å². The van der Waals surface area contributed by atoms with Gasteiger partial charge in [0, 0.05) is 5.56 Å². The lowest BCUT2D eigenvalue weighted by Gasteiger charge is -2.27. The third-order valence-electron chi connectivity index (χ3n) is 8.67. The molecule has 0 saturated heterocycles. The van der Waals surface area contributed by atoms with E-state index in [2.05, 4.69) is 29.2 Å². The molecule has 48 heavy (non-hydrogen) atoms. The van der Waals surface area contributed by atoms with E-state index in [-0.39, 0.29) is 0 Å². The summed E-state index contributed by atoms with van der Waals surface area (Å²) >= 11 is 0. The van der Waals surface area contributed by atoms with E-state index < -0.39 is 11.5 Å². The summed E-state index contributed by atoms with van der Waals surface area (Å²) in [5.74, 6) is 1.43. The molecule has 0 fully saturated rings. The molecule has 230 valence electrons. The number of hydrogen-bond acceptors (Lipinski definition) is 7. The van der Waals surface area contributed by atoms with Crippen molar-refractivity contribution in [2.24, 2.45) is 0 Å². The van der Waals surface area contributed by atoms with Crippen LogP contribution in [0.3, 0.4) is 0 Å². The summed E-state index contributed by atoms with van der Waals surface area (Å²) in [6.45, 7) is 0.443. The quantitative estimate of drug-likeness (QED) is 0.171. The minimum absolute atomic E-state index is 0.360. The van der Waals surface area contributed by atoms with Crippen molar-refractivity contribution >= 4 is 16.6 Å². The number of ether oxygens (including phenoxy) is 2. The Morgan fingerprint density at radius 1 is 0.708 bits per heavy atom. The predicted octanol–water partition coefficient (Wildman–Crippen LogP) is 8.43. The number of benzene rings is 5. The summed E-state index contributed by atoms with van der Waals surface area (Å²) in [5, 5.41) is 5.47. The van der Waals surface area contributed by atoms with Crippen molar-refractivity contribution in [2.45, 2.75) is 12.5 Å². The van der Waals surface area contributed by atoms with E-state index in [1.807, 2.05) is 103 Å². The van der Waals surface area contributed by atoms with Crippen LogP contribution in [-0.4, -0.2) is 19.6 Å². The van der Waals surface area contributed by atoms with Gasteiger partial charge in [-0.2, -0.15) is 0 Å². The van der Waals surface area contributed by atoms with Gasteiger partial charge in [-0.1, -0.05) is 109 Å². The third kappa shape index (κ3) is 4.78. The second-order valence-corrected chi connectivity index (χ2v) is 11.6. The first-order valence-corrected chi connectivity index (χ1v) is 15.6. The van der Waals surface area contributed by atoms with Gasteiger partial charge in [0.1, 0.15) is 24.3 Å². The topological polar surface area (TPSA) is 91.8 Å². The molecular formula is C40H26N4O4. The van der Waals surface area contributed by atoms with E-state index in [9.17, 15) is 4.79 Å². The van der Waals surface area contributed by atoms with Gasteiger partial charge in [0.2, 0.25) is 5.88 Å². The average molecular weight is 627 g/mol. The zero-order chi connectivity index (χ0) is 32.0. The Kier molecular flexibility index (Phi) is 6.57. The second kappa shape index (κ2) is 11.4. The highest BCUT2D eigenvalue weighted by Crippen LogP contribution is 2.49. The van der Waals surface area contributed by atoms with Crippen molar-refractivity contribution in [1.29, 1.82) is 0 Å². The predicted molar refractivity (Wildman–Crippen MR) is 182 cm³/mol. The molecule has 0 bridgehead atoms. The van der Waals surface area contributed by atoms with Crippen LogP contribution in [-0.2, 0) is 6.61 Å². The van der Waals surface area contributed by atoms with Crippen LogP contribution >= 0.6 is 0 Å². The smallest absolute Gasteiger partial charge is 0.344 e. The summed E-state index contributed by atoms with van der Waals surface area (Å²) in [5.41, 5.74) is 6.50. The van der Waals surface area contributed by atoms with Crippen molar-refractivity contribution < 1.29 is 13.9 Å². The molecule has 8 nitrogen and oxygen atoms in total. The van der Waals surface area contributed by atoms with Gasteiger partial charge in [-0.15, -0.1) is 5.10 Å². The van der Waals surface area contributed by atoms with E-state index in [1.54, 1.807) is 16.9 Å². The standard InChI is InChI=1S/C40H26N4O4/c45-40-34-33(28-19-21-30(22-20-28)46-23-25-9-3-1-4-10-25)35-38-42-37(29-17-15-27(16-18-29)26-11-5-2-6-12-26)43-44(38)24-41-39(35)48-36(34)31-13-7-8-14-32(31)47-40/h1-22,24,33H,23H2. The maximum atomic E-state index is 13.8. The zero-order valence-electron chi connectivity index (χ0n) is 25.5. The van der Waals surface area contributed by atoms with Crippen LogP contribution in [0.4, 0.5) is 0 Å². The molecule has 1 atom stereocenters. The largest absolute Gasteiger partial charge is 0.489 e. The number of para-hydroxylation sites is 1. The van der Waals surface area contributed by atoms with Crippen LogP contribution in [0.25, 0.3) is 39.1 Å². The van der Waals surface area contributed by atoms with Crippen LogP contribution in [0, 0.1) is 0 Å². The Hall–Kier alpha value is -6.54. The summed E-state index contributed by atoms with van der Waals surface area (Å²) in [6.07, 6.45) is 1.60. The highest BCUT2D eigenvalue weighted by molar-refractivity contribution is 5.87. The second-order valence-electron chi connectivity index (χ2n) is 11.6. The van der Waals surface area contributed by atoms with E-state index in [1.165, 1.54) is 0 Å². The fourth-order valence-electron chi connectivity index (χ4n) is 6.32. The third-order valence-corrected chi connectivity index (χ3v) is 8.67. The van der Waals surface area contributed by atoms with Gasteiger partial charge >= 0.3 is 5.63 Å². The van der Waals surface area contributed by atoms with Crippen molar-refractivity contribution in [2.75, 3.05) is 0 Å². The number of fused-ring (bicyclic) bond motifs is 6. The molecule has 0 N–H and O–H groups in total. The van der Waals surface area contributed by atoms with Gasteiger partial charge in [0.15, 0.2) is 17.2 Å². The summed E-state index contributed by atoms with van der Waals surface area (Å²) in [6, 6.07) is 43.4. The van der Waals surface area contributed by atoms with Crippen molar-refractivity contribution in [3.05, 3.63) is 172 Å². The van der Waals surface area contributed by atoms with Gasteiger partial charge < -0.3 is 13.9 Å². The molecule has 5 aromatic carbocycles. The summed E-state index contributed by atoms with van der Waals surface area (Å²) in [4.78, 5) is 23.4. The van der Waals surface area contributed by atoms with Crippen LogP contribution in [0.15, 0.2) is 149 Å². The Morgan fingerprint density at radius 3 is 2.19 bits per heavy atom. The molecule has 1 unspecified atom stereocenters. The van der Waals surface area contributed by atoms with E-state index in [4.69, 9.17) is 24.0 Å². The van der Waals surface area contributed by atoms with Crippen LogP contribution < -0.4 is 15.1 Å². The van der Waals surface area contributed by atoms with Gasteiger partial charge in [0.05, 0.1) is 22.4 Å². The van der Waals surface area contributed by atoms with Gasteiger partial charge in [-0.3, -0.25) is 0 Å². The van der Waals surface area contributed by atoms with E-state index >= 15 is 0 Å². The average Bonchev–Trinajstić information content (AvgIpc) is 3.59. The Morgan fingerprint density at radius 2 is 1.40 bits per heavy atom. The summed E-state index contributed by atoms with van der Waals surface area (Å²) < 4.78 is 20.0. The van der Waals surface area contributed by atoms with Crippen LogP contribution in [0.2, 0.25) is 0 Å². The first-order chi connectivity index (χ1) is 23.7. The lowest BCUT2D eigenvalue weighted by atomic mass is 9.84. The minimum atomic E-state index is -0.596. The monoisotopic (exact) mass is 626 g/mol. The summed E-state index contributed by atoms with van der Waals surface area (Å²) in [7, 11) is 0. The lowest BCUT2D eigenvalue weighted by Crippen LogP contribution is -2.22. The first-order valence-electron chi connectivity index (χ1n) is 15.6. The Balaban J connectivity index is 1.16. The number of nitrogens with zero attached hydrogens (tertiary/aromatic N) is 4. The molecule has 0 aliphatic carbocycles. The van der Waals surface area contributed by atoms with Crippen LogP contribution in [0.5, 0.6) is 17.4 Å². The van der Waals surface area contributed by atoms with E-state index in [0.29, 0.717) is 57.6 Å². The molecule has 4 heterocycles. The molecule has 8 aromatic rings. The highest BCUT2D eigenvalue weighted by atomic mass is 16.5. The molecule has 1 aliphatic rings. The molecule has 0 spiro atoms. The molecular weight excluding hydrogens is 600 g/mol. The molecule has 0 radical (unpaired) electrons. The maximum Gasteiger partial charge on any atom is 0.344 e. The number of rotatable bonds is 6. The lowest BCUT2D eigenvalue weighted by molar-refractivity contribution is 0.306.